The van der Waals surface area contributed by atoms with E-state index in [1.807, 2.05) is 14.1 Å². The molecule has 0 bridgehead atoms. The lowest BCUT2D eigenvalue weighted by molar-refractivity contribution is 0.103. The molecule has 0 atom stereocenters. The largest absolute Gasteiger partial charge is 0.383 e. The summed E-state index contributed by atoms with van der Waals surface area (Å²) in [6, 6.07) is 8.07. The Balaban J connectivity index is 2.45. The van der Waals surface area contributed by atoms with Crippen molar-refractivity contribution in [2.75, 3.05) is 14.1 Å². The van der Waals surface area contributed by atoms with Gasteiger partial charge in [0, 0.05) is 37.5 Å². The van der Waals surface area contributed by atoms with Crippen molar-refractivity contribution in [3.05, 3.63) is 75.6 Å². The number of benzene rings is 1. The van der Waals surface area contributed by atoms with Crippen LogP contribution in [0, 0.1) is 5.82 Å². The number of hydrogen-bond acceptors (Lipinski definition) is 3. The summed E-state index contributed by atoms with van der Waals surface area (Å²) in [5, 5.41) is 0. The van der Waals surface area contributed by atoms with Gasteiger partial charge in [-0.05, 0) is 36.4 Å². The van der Waals surface area contributed by atoms with E-state index in [-0.39, 0.29) is 11.3 Å². The first kappa shape index (κ1) is 14.7. The third-order valence-corrected chi connectivity index (χ3v) is 2.84. The molecule has 0 radical (unpaired) electrons. The third kappa shape index (κ3) is 3.66. The molecule has 0 aliphatic heterocycles. The van der Waals surface area contributed by atoms with Crippen molar-refractivity contribution < 1.29 is 9.18 Å². The molecule has 0 unspecified atom stereocenters. The number of hydrogen-bond donors (Lipinski definition) is 1. The highest BCUT2D eigenvalue weighted by molar-refractivity contribution is 6.10. The van der Waals surface area contributed by atoms with E-state index in [2.05, 4.69) is 4.98 Å². The van der Waals surface area contributed by atoms with E-state index in [1.165, 1.54) is 36.4 Å². The lowest BCUT2D eigenvalue weighted by Gasteiger charge is -2.07. The number of halogens is 1. The standard InChI is InChI=1S/C16H15FN2O2/c1-19(2)10-9-14-13(7-8-15(20)18-14)16(21)11-3-5-12(17)6-4-11/h3-10H,1-2H3,(H,18,20). The smallest absolute Gasteiger partial charge is 0.248 e. The molecular formula is C16H15FN2O2. The topological polar surface area (TPSA) is 53.2 Å². The first-order chi connectivity index (χ1) is 9.97. The van der Waals surface area contributed by atoms with Crippen molar-refractivity contribution in [1.29, 1.82) is 0 Å². The van der Waals surface area contributed by atoms with Crippen LogP contribution in [0.3, 0.4) is 0 Å². The molecule has 21 heavy (non-hydrogen) atoms. The van der Waals surface area contributed by atoms with Gasteiger partial charge in [-0.25, -0.2) is 4.39 Å². The number of aromatic nitrogens is 1. The zero-order chi connectivity index (χ0) is 15.4. The molecule has 2 rings (SSSR count). The van der Waals surface area contributed by atoms with Crippen LogP contribution in [0.5, 0.6) is 0 Å². The van der Waals surface area contributed by atoms with Gasteiger partial charge in [0.2, 0.25) is 5.56 Å². The summed E-state index contributed by atoms with van der Waals surface area (Å²) < 4.78 is 12.9. The van der Waals surface area contributed by atoms with E-state index in [9.17, 15) is 14.0 Å². The highest BCUT2D eigenvalue weighted by Gasteiger charge is 2.13. The van der Waals surface area contributed by atoms with Gasteiger partial charge in [-0.1, -0.05) is 0 Å². The Hall–Kier alpha value is -2.69. The average Bonchev–Trinajstić information content (AvgIpc) is 2.45. The van der Waals surface area contributed by atoms with Gasteiger partial charge in [0.1, 0.15) is 5.82 Å². The van der Waals surface area contributed by atoms with Crippen LogP contribution in [0.1, 0.15) is 21.6 Å². The molecule has 0 spiro atoms. The molecule has 1 N–H and O–H groups in total. The third-order valence-electron chi connectivity index (χ3n) is 2.84. The second-order valence-electron chi connectivity index (χ2n) is 4.77. The number of nitrogens with zero attached hydrogens (tertiary/aromatic N) is 1. The van der Waals surface area contributed by atoms with Crippen molar-refractivity contribution in [2.24, 2.45) is 0 Å². The van der Waals surface area contributed by atoms with Gasteiger partial charge in [0.05, 0.1) is 5.69 Å². The number of nitrogens with one attached hydrogen (secondary N) is 1. The van der Waals surface area contributed by atoms with E-state index >= 15 is 0 Å². The van der Waals surface area contributed by atoms with E-state index in [0.29, 0.717) is 16.8 Å². The fraction of sp³-hybridized carbons (Fsp3) is 0.125. The lowest BCUT2D eigenvalue weighted by Crippen LogP contribution is -2.12. The molecule has 0 aliphatic carbocycles. The number of aromatic amines is 1. The van der Waals surface area contributed by atoms with Gasteiger partial charge in [-0.3, -0.25) is 9.59 Å². The molecule has 108 valence electrons. The van der Waals surface area contributed by atoms with Gasteiger partial charge in [-0.2, -0.15) is 0 Å². The Kier molecular flexibility index (Phi) is 4.33. The minimum atomic E-state index is -0.402. The Bertz CT molecular complexity index is 731. The summed E-state index contributed by atoms with van der Waals surface area (Å²) in [5.74, 6) is -0.676. The molecule has 0 amide bonds. The summed E-state index contributed by atoms with van der Waals surface area (Å²) in [6.45, 7) is 0. The lowest BCUT2D eigenvalue weighted by atomic mass is 10.0. The Morgan fingerprint density at radius 1 is 1.14 bits per heavy atom. The normalized spacial score (nSPS) is 10.8. The summed E-state index contributed by atoms with van der Waals surface area (Å²) in [7, 11) is 3.66. The summed E-state index contributed by atoms with van der Waals surface area (Å²) in [5.41, 5.74) is 0.858. The summed E-state index contributed by atoms with van der Waals surface area (Å²) in [4.78, 5) is 28.3. The number of H-pyrrole nitrogens is 1. The number of carbonyl (C=O) groups is 1. The monoisotopic (exact) mass is 286 g/mol. The van der Waals surface area contributed by atoms with Crippen LogP contribution in [0.25, 0.3) is 6.08 Å². The second-order valence-corrected chi connectivity index (χ2v) is 4.77. The molecule has 0 saturated heterocycles. The maximum absolute atomic E-state index is 12.9. The van der Waals surface area contributed by atoms with Crippen LogP contribution in [-0.2, 0) is 0 Å². The van der Waals surface area contributed by atoms with Crippen molar-refractivity contribution in [3.8, 4) is 0 Å². The van der Waals surface area contributed by atoms with Crippen LogP contribution < -0.4 is 5.56 Å². The van der Waals surface area contributed by atoms with E-state index in [0.717, 1.165) is 0 Å². The Morgan fingerprint density at radius 2 is 1.81 bits per heavy atom. The number of ketones is 1. The predicted molar refractivity (Wildman–Crippen MR) is 79.6 cm³/mol. The van der Waals surface area contributed by atoms with Crippen molar-refractivity contribution >= 4 is 11.9 Å². The Morgan fingerprint density at radius 3 is 2.43 bits per heavy atom. The SMILES string of the molecule is CN(C)C=Cc1[nH]c(=O)ccc1C(=O)c1ccc(F)cc1. The molecule has 0 fully saturated rings. The van der Waals surface area contributed by atoms with Gasteiger partial charge in [0.25, 0.3) is 0 Å². The molecule has 0 saturated carbocycles. The van der Waals surface area contributed by atoms with Gasteiger partial charge >= 0.3 is 0 Å². The molecule has 1 heterocycles. The summed E-state index contributed by atoms with van der Waals surface area (Å²) in [6.07, 6.45) is 3.38. The highest BCUT2D eigenvalue weighted by Crippen LogP contribution is 2.14. The zero-order valence-electron chi connectivity index (χ0n) is 11.8. The molecule has 5 heteroatoms. The number of pyridine rings is 1. The average molecular weight is 286 g/mol. The first-order valence-electron chi connectivity index (χ1n) is 6.35. The molecule has 1 aromatic heterocycles. The second kappa shape index (κ2) is 6.17. The van der Waals surface area contributed by atoms with Gasteiger partial charge in [-0.15, -0.1) is 0 Å². The minimum Gasteiger partial charge on any atom is -0.383 e. The fourth-order valence-corrected chi connectivity index (χ4v) is 1.80. The van der Waals surface area contributed by atoms with Crippen molar-refractivity contribution in [1.82, 2.24) is 9.88 Å². The number of carbonyl (C=O) groups excluding carboxylic acids is 1. The maximum atomic E-state index is 12.9. The number of rotatable bonds is 4. The van der Waals surface area contributed by atoms with Crippen LogP contribution in [0.4, 0.5) is 4.39 Å². The van der Waals surface area contributed by atoms with Crippen LogP contribution >= 0.6 is 0 Å². The minimum absolute atomic E-state index is 0.273. The molecule has 0 aliphatic rings. The fourth-order valence-electron chi connectivity index (χ4n) is 1.80. The van der Waals surface area contributed by atoms with Gasteiger partial charge < -0.3 is 9.88 Å². The predicted octanol–water partition coefficient (Wildman–Crippen LogP) is 2.28. The van der Waals surface area contributed by atoms with Crippen LogP contribution in [-0.4, -0.2) is 29.8 Å². The van der Waals surface area contributed by atoms with Crippen LogP contribution in [0.2, 0.25) is 0 Å². The zero-order valence-corrected chi connectivity index (χ0v) is 11.8. The van der Waals surface area contributed by atoms with E-state index in [1.54, 1.807) is 17.2 Å². The molecule has 1 aromatic carbocycles. The van der Waals surface area contributed by atoms with E-state index in [4.69, 9.17) is 0 Å². The van der Waals surface area contributed by atoms with Crippen LogP contribution in [0.15, 0.2) is 47.4 Å². The van der Waals surface area contributed by atoms with Crippen molar-refractivity contribution in [2.45, 2.75) is 0 Å². The molecule has 2 aromatic rings. The molecular weight excluding hydrogens is 271 g/mol. The maximum Gasteiger partial charge on any atom is 0.248 e. The first-order valence-corrected chi connectivity index (χ1v) is 6.35. The quantitative estimate of drug-likeness (QED) is 0.877. The van der Waals surface area contributed by atoms with Crippen molar-refractivity contribution in [3.63, 3.8) is 0 Å². The summed E-state index contributed by atoms with van der Waals surface area (Å²) >= 11 is 0. The van der Waals surface area contributed by atoms with Gasteiger partial charge in [0.15, 0.2) is 5.78 Å². The molecule has 4 nitrogen and oxygen atoms in total. The van der Waals surface area contributed by atoms with E-state index < -0.39 is 5.82 Å². The Labute approximate surface area is 121 Å². The highest BCUT2D eigenvalue weighted by atomic mass is 19.1.